The molecule has 3 aromatic rings. The first-order chi connectivity index (χ1) is 13.6. The quantitative estimate of drug-likeness (QED) is 0.621. The predicted molar refractivity (Wildman–Crippen MR) is 112 cm³/mol. The van der Waals surface area contributed by atoms with Crippen LogP contribution in [0.2, 0.25) is 0 Å². The number of para-hydroxylation sites is 2. The molecule has 2 amide bonds. The van der Waals surface area contributed by atoms with Gasteiger partial charge in [0.25, 0.3) is 0 Å². The molecular formula is C20H16BrN3O3S. The Balaban J connectivity index is 1.56. The Morgan fingerprint density at radius 2 is 2.07 bits per heavy atom. The molecule has 4 rings (SSSR count). The minimum atomic E-state index is -0.262. The van der Waals surface area contributed by atoms with Gasteiger partial charge in [0, 0.05) is 0 Å². The summed E-state index contributed by atoms with van der Waals surface area (Å²) in [6, 6.07) is 14.8. The molecule has 8 heteroatoms. The van der Waals surface area contributed by atoms with E-state index >= 15 is 0 Å². The molecule has 2 aromatic heterocycles. The van der Waals surface area contributed by atoms with Crippen LogP contribution in [0.25, 0.3) is 0 Å². The number of nitrogens with zero attached hydrogens (tertiary/aromatic N) is 2. The molecule has 1 aliphatic rings. The van der Waals surface area contributed by atoms with E-state index in [4.69, 9.17) is 9.41 Å². The van der Waals surface area contributed by atoms with Crippen LogP contribution in [0.3, 0.4) is 0 Å². The van der Waals surface area contributed by atoms with Crippen molar-refractivity contribution in [1.29, 1.82) is 0 Å². The number of amides is 2. The standard InChI is InChI=1S/C20H16BrN3O3S/c21-18-8-7-17(28-18)15-10-20(26)24(16-6-2-1-5-14(16)23-15)12-19(25)22-11-13-4-3-9-27-13/h1-9H,10-12H2,(H,22,25). The number of hydrogen-bond donors (Lipinski definition) is 1. The Hall–Kier alpha value is -2.71. The second-order valence-corrected chi connectivity index (χ2v) is 8.63. The van der Waals surface area contributed by atoms with Gasteiger partial charge in [-0.2, -0.15) is 0 Å². The molecule has 0 radical (unpaired) electrons. The normalized spacial score (nSPS) is 13.7. The van der Waals surface area contributed by atoms with E-state index in [1.165, 1.54) is 16.2 Å². The van der Waals surface area contributed by atoms with Crippen LogP contribution in [0.4, 0.5) is 11.4 Å². The van der Waals surface area contributed by atoms with Gasteiger partial charge in [0.15, 0.2) is 0 Å². The van der Waals surface area contributed by atoms with E-state index in [1.54, 1.807) is 18.4 Å². The van der Waals surface area contributed by atoms with Crippen molar-refractivity contribution in [2.24, 2.45) is 4.99 Å². The van der Waals surface area contributed by atoms with E-state index in [9.17, 15) is 9.59 Å². The van der Waals surface area contributed by atoms with Crippen LogP contribution in [-0.2, 0) is 16.1 Å². The summed E-state index contributed by atoms with van der Waals surface area (Å²) in [5, 5.41) is 2.78. The first-order valence-electron chi connectivity index (χ1n) is 8.62. The Labute approximate surface area is 174 Å². The molecule has 1 aliphatic heterocycles. The second-order valence-electron chi connectivity index (χ2n) is 6.16. The SMILES string of the molecule is O=C(CN1C(=O)CC(c2ccc(Br)s2)=Nc2ccccc21)NCc1ccco1. The highest BCUT2D eigenvalue weighted by molar-refractivity contribution is 9.11. The van der Waals surface area contributed by atoms with E-state index in [-0.39, 0.29) is 31.3 Å². The highest BCUT2D eigenvalue weighted by Gasteiger charge is 2.27. The molecule has 3 heterocycles. The summed E-state index contributed by atoms with van der Waals surface area (Å²) in [6.45, 7) is 0.202. The third-order valence-electron chi connectivity index (χ3n) is 4.25. The molecule has 1 aromatic carbocycles. The minimum Gasteiger partial charge on any atom is -0.467 e. The Kier molecular flexibility index (Phi) is 5.40. The summed E-state index contributed by atoms with van der Waals surface area (Å²) < 4.78 is 6.20. The van der Waals surface area contributed by atoms with Crippen molar-refractivity contribution in [3.05, 3.63) is 69.2 Å². The van der Waals surface area contributed by atoms with Gasteiger partial charge in [0.05, 0.1) is 45.0 Å². The van der Waals surface area contributed by atoms with Crippen LogP contribution in [-0.4, -0.2) is 24.1 Å². The molecule has 0 bridgehead atoms. The summed E-state index contributed by atoms with van der Waals surface area (Å²) in [5.41, 5.74) is 2.00. The number of nitrogens with one attached hydrogen (secondary N) is 1. The van der Waals surface area contributed by atoms with Gasteiger partial charge in [-0.25, -0.2) is 4.99 Å². The number of carbonyl (C=O) groups is 2. The zero-order valence-electron chi connectivity index (χ0n) is 14.7. The smallest absolute Gasteiger partial charge is 0.240 e. The summed E-state index contributed by atoms with van der Waals surface area (Å²) in [6.07, 6.45) is 1.69. The van der Waals surface area contributed by atoms with Crippen molar-refractivity contribution in [2.45, 2.75) is 13.0 Å². The molecule has 1 N–H and O–H groups in total. The van der Waals surface area contributed by atoms with E-state index in [1.807, 2.05) is 36.4 Å². The number of benzene rings is 1. The molecule has 0 spiro atoms. The first-order valence-corrected chi connectivity index (χ1v) is 10.2. The number of hydrogen-bond acceptors (Lipinski definition) is 5. The fraction of sp³-hybridized carbons (Fsp3) is 0.150. The average Bonchev–Trinajstić information content (AvgIpc) is 3.33. The number of furan rings is 1. The Bertz CT molecular complexity index is 1040. The predicted octanol–water partition coefficient (Wildman–Crippen LogP) is 4.28. The van der Waals surface area contributed by atoms with Gasteiger partial charge in [-0.15, -0.1) is 11.3 Å². The topological polar surface area (TPSA) is 74.9 Å². The highest BCUT2D eigenvalue weighted by Crippen LogP contribution is 2.34. The Morgan fingerprint density at radius 3 is 2.82 bits per heavy atom. The van der Waals surface area contributed by atoms with E-state index in [0.29, 0.717) is 22.8 Å². The first kappa shape index (κ1) is 18.6. The summed E-state index contributed by atoms with van der Waals surface area (Å²) in [7, 11) is 0. The number of anilines is 1. The number of carbonyl (C=O) groups excluding carboxylic acids is 2. The summed E-state index contributed by atoms with van der Waals surface area (Å²) in [4.78, 5) is 32.6. The van der Waals surface area contributed by atoms with Crippen molar-refractivity contribution in [3.63, 3.8) is 0 Å². The van der Waals surface area contributed by atoms with Crippen LogP contribution in [0.15, 0.2) is 68.0 Å². The molecule has 0 unspecified atom stereocenters. The number of thiophene rings is 1. The molecule has 0 aliphatic carbocycles. The van der Waals surface area contributed by atoms with Crippen LogP contribution in [0, 0.1) is 0 Å². The molecular weight excluding hydrogens is 442 g/mol. The van der Waals surface area contributed by atoms with Gasteiger partial charge in [0.1, 0.15) is 12.3 Å². The van der Waals surface area contributed by atoms with Crippen LogP contribution < -0.4 is 10.2 Å². The van der Waals surface area contributed by atoms with Gasteiger partial charge in [0.2, 0.25) is 11.8 Å². The van der Waals surface area contributed by atoms with Gasteiger partial charge >= 0.3 is 0 Å². The molecule has 0 fully saturated rings. The van der Waals surface area contributed by atoms with Crippen LogP contribution in [0.5, 0.6) is 0 Å². The molecule has 0 saturated heterocycles. The van der Waals surface area contributed by atoms with Crippen molar-refractivity contribution >= 4 is 56.2 Å². The third kappa shape index (κ3) is 4.07. The zero-order chi connectivity index (χ0) is 19.5. The van der Waals surface area contributed by atoms with E-state index in [2.05, 4.69) is 21.2 Å². The van der Waals surface area contributed by atoms with Crippen LogP contribution >= 0.6 is 27.3 Å². The van der Waals surface area contributed by atoms with Crippen molar-refractivity contribution in [3.8, 4) is 0 Å². The van der Waals surface area contributed by atoms with Gasteiger partial charge < -0.3 is 14.6 Å². The maximum Gasteiger partial charge on any atom is 0.240 e. The zero-order valence-corrected chi connectivity index (χ0v) is 17.1. The lowest BCUT2D eigenvalue weighted by Gasteiger charge is -2.21. The second kappa shape index (κ2) is 8.12. The number of aliphatic imine (C=N–C) groups is 1. The highest BCUT2D eigenvalue weighted by atomic mass is 79.9. The van der Waals surface area contributed by atoms with E-state index < -0.39 is 0 Å². The number of halogens is 1. The Morgan fingerprint density at radius 1 is 1.21 bits per heavy atom. The number of fused-ring (bicyclic) bond motifs is 1. The van der Waals surface area contributed by atoms with Gasteiger partial charge in [-0.3, -0.25) is 9.59 Å². The van der Waals surface area contributed by atoms with Crippen molar-refractivity contribution in [1.82, 2.24) is 5.32 Å². The summed E-state index contributed by atoms with van der Waals surface area (Å²) in [5.74, 6) is 0.230. The molecule has 6 nitrogen and oxygen atoms in total. The lowest BCUT2D eigenvalue weighted by molar-refractivity contribution is -0.123. The van der Waals surface area contributed by atoms with E-state index in [0.717, 1.165) is 8.66 Å². The minimum absolute atomic E-state index is 0.0759. The average molecular weight is 458 g/mol. The van der Waals surface area contributed by atoms with Gasteiger partial charge in [-0.1, -0.05) is 12.1 Å². The molecule has 0 atom stereocenters. The monoisotopic (exact) mass is 457 g/mol. The van der Waals surface area contributed by atoms with Crippen molar-refractivity contribution in [2.75, 3.05) is 11.4 Å². The largest absolute Gasteiger partial charge is 0.467 e. The van der Waals surface area contributed by atoms with Crippen LogP contribution in [0.1, 0.15) is 17.1 Å². The maximum atomic E-state index is 13.0. The molecule has 0 saturated carbocycles. The molecule has 28 heavy (non-hydrogen) atoms. The van der Waals surface area contributed by atoms with Gasteiger partial charge in [-0.05, 0) is 52.3 Å². The molecule has 142 valence electrons. The maximum absolute atomic E-state index is 13.0. The lowest BCUT2D eigenvalue weighted by atomic mass is 10.2. The number of rotatable bonds is 5. The fourth-order valence-corrected chi connectivity index (χ4v) is 4.30. The summed E-state index contributed by atoms with van der Waals surface area (Å²) >= 11 is 4.98. The third-order valence-corrected chi connectivity index (χ3v) is 5.92. The van der Waals surface area contributed by atoms with Crippen molar-refractivity contribution < 1.29 is 14.0 Å². The fourth-order valence-electron chi connectivity index (χ4n) is 2.93. The lowest BCUT2D eigenvalue weighted by Crippen LogP contribution is -2.40.